The van der Waals surface area contributed by atoms with Gasteiger partial charge in [-0.15, -0.1) is 0 Å². The van der Waals surface area contributed by atoms with Crippen molar-refractivity contribution in [2.75, 3.05) is 39.7 Å². The van der Waals surface area contributed by atoms with E-state index in [-0.39, 0.29) is 54.7 Å². The summed E-state index contributed by atoms with van der Waals surface area (Å²) in [6, 6.07) is 9.72. The van der Waals surface area contributed by atoms with Crippen molar-refractivity contribution in [1.29, 1.82) is 0 Å². The molecule has 12 nitrogen and oxygen atoms in total. The molecule has 1 aliphatic heterocycles. The molecule has 49 heavy (non-hydrogen) atoms. The lowest BCUT2D eigenvalue weighted by Crippen LogP contribution is -2.56. The number of ether oxygens (including phenoxy) is 2. The highest BCUT2D eigenvalue weighted by Crippen LogP contribution is 2.30. The third-order valence-electron chi connectivity index (χ3n) is 9.93. The minimum atomic E-state index is -0.580. The molecule has 1 aromatic carbocycles. The van der Waals surface area contributed by atoms with Crippen LogP contribution in [0.4, 0.5) is 5.95 Å². The second-order valence-electron chi connectivity index (χ2n) is 13.6. The van der Waals surface area contributed by atoms with E-state index in [0.29, 0.717) is 25.3 Å². The Kier molecular flexibility index (Phi) is 15.9. The Bertz CT molecular complexity index is 1300. The van der Waals surface area contributed by atoms with Gasteiger partial charge in [-0.3, -0.25) is 14.4 Å². The fourth-order valence-corrected chi connectivity index (χ4v) is 6.94. The molecule has 8 atom stereocenters. The smallest absolute Gasteiger partial charge is 0.245 e. The van der Waals surface area contributed by atoms with Crippen molar-refractivity contribution in [3.63, 3.8) is 0 Å². The number of aromatic nitrogens is 2. The van der Waals surface area contributed by atoms with Crippen LogP contribution in [0.5, 0.6) is 0 Å². The number of hydrogen-bond acceptors (Lipinski definition) is 9. The highest BCUT2D eigenvalue weighted by atomic mass is 16.5. The number of anilines is 1. The van der Waals surface area contributed by atoms with Crippen molar-refractivity contribution >= 4 is 23.7 Å². The van der Waals surface area contributed by atoms with Gasteiger partial charge in [0.15, 0.2) is 0 Å². The number of carbonyl (C=O) groups excluding carboxylic acids is 3. The van der Waals surface area contributed by atoms with E-state index in [2.05, 4.69) is 34.4 Å². The maximum Gasteiger partial charge on any atom is 0.245 e. The van der Waals surface area contributed by atoms with Gasteiger partial charge >= 0.3 is 0 Å². The second kappa shape index (κ2) is 19.5. The third kappa shape index (κ3) is 10.7. The number of nitrogens with one attached hydrogen (secondary N) is 2. The Morgan fingerprint density at radius 2 is 1.71 bits per heavy atom. The van der Waals surface area contributed by atoms with E-state index in [0.717, 1.165) is 18.4 Å². The number of hydrogen-bond donors (Lipinski definition) is 3. The first-order chi connectivity index (χ1) is 23.5. The van der Waals surface area contributed by atoms with Gasteiger partial charge in [-0.1, -0.05) is 71.4 Å². The van der Waals surface area contributed by atoms with Crippen LogP contribution in [-0.2, 0) is 30.3 Å². The summed E-state index contributed by atoms with van der Waals surface area (Å²) < 4.78 is 11.9. The quantitative estimate of drug-likeness (QED) is 0.203. The Labute approximate surface area is 292 Å². The van der Waals surface area contributed by atoms with Crippen molar-refractivity contribution in [1.82, 2.24) is 25.1 Å². The zero-order valence-electron chi connectivity index (χ0n) is 30.5. The van der Waals surface area contributed by atoms with Gasteiger partial charge in [0.1, 0.15) is 6.04 Å². The lowest BCUT2D eigenvalue weighted by Gasteiger charge is -2.40. The molecule has 1 aliphatic rings. The first-order valence-electron chi connectivity index (χ1n) is 17.6. The van der Waals surface area contributed by atoms with E-state index < -0.39 is 30.2 Å². The molecule has 3 amide bonds. The highest BCUT2D eigenvalue weighted by Gasteiger charge is 2.42. The summed E-state index contributed by atoms with van der Waals surface area (Å²) in [5.41, 5.74) is 1.02. The normalized spacial score (nSPS) is 19.0. The number of aliphatic hydroxyl groups excluding tert-OH is 1. The number of amides is 3. The lowest BCUT2D eigenvalue weighted by atomic mass is 9.89. The topological polar surface area (TPSA) is 146 Å². The van der Waals surface area contributed by atoms with E-state index in [1.807, 2.05) is 49.1 Å². The Morgan fingerprint density at radius 1 is 1.04 bits per heavy atom. The molecule has 3 N–H and O–H groups in total. The van der Waals surface area contributed by atoms with Crippen molar-refractivity contribution in [2.24, 2.45) is 17.8 Å². The predicted octanol–water partition coefficient (Wildman–Crippen LogP) is 3.55. The van der Waals surface area contributed by atoms with Crippen LogP contribution in [0.25, 0.3) is 0 Å². The standard InChI is InChI=1S/C37H58N6O6/c1-9-25(4)33(42(6)36(47)32(24(2)3)41-37-38-18-14-19-39-37)30(48-7)22-31(45)43-20-13-17-29(43)34(49-8)26(5)35(46)40-28(23-44)21-27-15-11-10-12-16-27/h10-12,14-16,18-19,24-26,28-30,32-34,44H,9,13,17,20-23H2,1-8H3,(H,40,46)(H,38,39,41)/t25-,26+,28-,29-,30+,32-,33-,34+/m0/s1. The predicted molar refractivity (Wildman–Crippen MR) is 190 cm³/mol. The van der Waals surface area contributed by atoms with Gasteiger partial charge < -0.3 is 35.0 Å². The Morgan fingerprint density at radius 3 is 2.29 bits per heavy atom. The molecule has 2 aromatic rings. The third-order valence-corrected chi connectivity index (χ3v) is 9.93. The minimum Gasteiger partial charge on any atom is -0.394 e. The zero-order chi connectivity index (χ0) is 36.1. The fraction of sp³-hybridized carbons (Fsp3) is 0.649. The van der Waals surface area contributed by atoms with Crippen LogP contribution < -0.4 is 10.6 Å². The van der Waals surface area contributed by atoms with Crippen LogP contribution in [0.15, 0.2) is 48.8 Å². The van der Waals surface area contributed by atoms with Gasteiger partial charge in [0.05, 0.1) is 49.3 Å². The molecule has 12 heteroatoms. The number of rotatable bonds is 19. The molecule has 1 aromatic heterocycles. The van der Waals surface area contributed by atoms with Crippen molar-refractivity contribution < 1.29 is 29.0 Å². The molecule has 0 saturated carbocycles. The van der Waals surface area contributed by atoms with Crippen molar-refractivity contribution in [3.8, 4) is 0 Å². The van der Waals surface area contributed by atoms with Crippen LogP contribution in [0.2, 0.25) is 0 Å². The van der Waals surface area contributed by atoms with E-state index >= 15 is 0 Å². The second-order valence-corrected chi connectivity index (χ2v) is 13.6. The Hall–Kier alpha value is -3.61. The van der Waals surface area contributed by atoms with Gasteiger partial charge in [0.2, 0.25) is 23.7 Å². The number of carbonyl (C=O) groups is 3. The van der Waals surface area contributed by atoms with Crippen LogP contribution in [0, 0.1) is 17.8 Å². The number of benzene rings is 1. The number of likely N-dealkylation sites (tertiary alicyclic amines) is 1. The molecule has 0 aliphatic carbocycles. The summed E-state index contributed by atoms with van der Waals surface area (Å²) in [5.74, 6) is -0.687. The van der Waals surface area contributed by atoms with Gasteiger partial charge in [0.25, 0.3) is 0 Å². The monoisotopic (exact) mass is 682 g/mol. The van der Waals surface area contributed by atoms with Gasteiger partial charge in [-0.25, -0.2) is 9.97 Å². The molecule has 1 fully saturated rings. The Balaban J connectivity index is 1.74. The number of likely N-dealkylation sites (N-methyl/N-ethyl adjacent to an activating group) is 1. The van der Waals surface area contributed by atoms with Crippen LogP contribution in [0.1, 0.15) is 65.9 Å². The van der Waals surface area contributed by atoms with Crippen LogP contribution in [-0.4, -0.2) is 113 Å². The minimum absolute atomic E-state index is 0.0349. The summed E-state index contributed by atoms with van der Waals surface area (Å²) in [6.07, 6.45) is 4.97. The SMILES string of the molecule is CC[C@H](C)[C@@H]([C@@H](CC(=O)N1CCC[C@H]1[C@H](OC)[C@@H](C)C(=O)N[C@H](CO)Cc1ccccc1)OC)N(C)C(=O)[C@@H](Nc1ncccn1)C(C)C. The van der Waals surface area contributed by atoms with E-state index in [9.17, 15) is 19.5 Å². The van der Waals surface area contributed by atoms with E-state index in [1.165, 1.54) is 0 Å². The molecule has 2 heterocycles. The van der Waals surface area contributed by atoms with E-state index in [1.54, 1.807) is 51.6 Å². The summed E-state index contributed by atoms with van der Waals surface area (Å²) in [4.78, 5) is 53.6. The first kappa shape index (κ1) is 39.8. The van der Waals surface area contributed by atoms with Crippen molar-refractivity contribution in [3.05, 3.63) is 54.4 Å². The number of methoxy groups -OCH3 is 2. The maximum absolute atomic E-state index is 14.1. The molecule has 0 radical (unpaired) electrons. The zero-order valence-corrected chi connectivity index (χ0v) is 30.5. The van der Waals surface area contributed by atoms with Crippen molar-refractivity contribution in [2.45, 2.75) is 103 Å². The summed E-state index contributed by atoms with van der Waals surface area (Å²) in [5, 5.41) is 16.2. The average Bonchev–Trinajstić information content (AvgIpc) is 3.60. The molecule has 3 rings (SSSR count). The lowest BCUT2D eigenvalue weighted by molar-refractivity contribution is -0.146. The average molecular weight is 683 g/mol. The molecule has 0 unspecified atom stereocenters. The molecule has 272 valence electrons. The number of nitrogens with zero attached hydrogens (tertiary/aromatic N) is 4. The van der Waals surface area contributed by atoms with Crippen LogP contribution >= 0.6 is 0 Å². The summed E-state index contributed by atoms with van der Waals surface area (Å²) in [6.45, 7) is 10.2. The molecule has 0 bridgehead atoms. The molecular formula is C37H58N6O6. The maximum atomic E-state index is 14.1. The van der Waals surface area contributed by atoms with Gasteiger partial charge in [0, 0.05) is 40.2 Å². The number of aliphatic hydroxyl groups is 1. The molecular weight excluding hydrogens is 624 g/mol. The fourth-order valence-electron chi connectivity index (χ4n) is 6.94. The van der Waals surface area contributed by atoms with E-state index in [4.69, 9.17) is 9.47 Å². The molecule has 1 saturated heterocycles. The van der Waals surface area contributed by atoms with Gasteiger partial charge in [-0.05, 0) is 42.7 Å². The molecule has 0 spiro atoms. The largest absolute Gasteiger partial charge is 0.394 e. The first-order valence-corrected chi connectivity index (χ1v) is 17.6. The highest BCUT2D eigenvalue weighted by molar-refractivity contribution is 5.85. The van der Waals surface area contributed by atoms with Gasteiger partial charge in [-0.2, -0.15) is 0 Å². The van der Waals surface area contributed by atoms with Crippen LogP contribution in [0.3, 0.4) is 0 Å². The summed E-state index contributed by atoms with van der Waals surface area (Å²) in [7, 11) is 4.93. The summed E-state index contributed by atoms with van der Waals surface area (Å²) >= 11 is 0.